The summed E-state index contributed by atoms with van der Waals surface area (Å²) in [5.74, 6) is -0.896. The van der Waals surface area contributed by atoms with Gasteiger partial charge in [0.15, 0.2) is 6.10 Å². The predicted molar refractivity (Wildman–Crippen MR) is 302 cm³/mol. The van der Waals surface area contributed by atoms with Crippen molar-refractivity contribution in [3.8, 4) is 0 Å². The Balaban J connectivity index is 3.97. The highest BCUT2D eigenvalue weighted by atomic mass is 16.6. The molecule has 400 valence electrons. The molecule has 1 atom stereocenters. The molecule has 70 heavy (non-hydrogen) atoms. The van der Waals surface area contributed by atoms with E-state index in [4.69, 9.17) is 14.2 Å². The normalized spacial score (nSPS) is 12.8. The molecule has 0 amide bonds. The Morgan fingerprint density at radius 3 is 0.943 bits per heavy atom. The van der Waals surface area contributed by atoms with Crippen LogP contribution in [0, 0.1) is 0 Å². The van der Waals surface area contributed by atoms with E-state index in [1.807, 2.05) is 0 Å². The molecule has 0 N–H and O–H groups in total. The van der Waals surface area contributed by atoms with Gasteiger partial charge in [0, 0.05) is 19.3 Å². The summed E-state index contributed by atoms with van der Waals surface area (Å²) < 4.78 is 16.7. The average molecular weight is 974 g/mol. The molecule has 0 aromatic heterocycles. The van der Waals surface area contributed by atoms with Gasteiger partial charge in [0.05, 0.1) is 0 Å². The predicted octanol–water partition coefficient (Wildman–Crippen LogP) is 19.7. The lowest BCUT2D eigenvalue weighted by Crippen LogP contribution is -2.30. The van der Waals surface area contributed by atoms with Crippen molar-refractivity contribution in [2.24, 2.45) is 0 Å². The minimum absolute atomic E-state index is 0.0783. The first kappa shape index (κ1) is 66.3. The van der Waals surface area contributed by atoms with Crippen LogP contribution in [0.4, 0.5) is 0 Å². The van der Waals surface area contributed by atoms with Crippen molar-refractivity contribution in [3.63, 3.8) is 0 Å². The van der Waals surface area contributed by atoms with Gasteiger partial charge in [0.1, 0.15) is 13.2 Å². The summed E-state index contributed by atoms with van der Waals surface area (Å²) in [6.07, 6.45) is 77.3. The van der Waals surface area contributed by atoms with E-state index in [0.29, 0.717) is 19.3 Å². The molecule has 0 bridgehead atoms. The molecule has 0 heterocycles. The zero-order chi connectivity index (χ0) is 50.7. The molecule has 0 saturated heterocycles. The van der Waals surface area contributed by atoms with Crippen molar-refractivity contribution in [1.29, 1.82) is 0 Å². The molecular weight excluding hydrogens is 865 g/mol. The second kappa shape index (κ2) is 57.9. The van der Waals surface area contributed by atoms with E-state index in [-0.39, 0.29) is 31.1 Å². The van der Waals surface area contributed by atoms with Gasteiger partial charge in [-0.3, -0.25) is 14.4 Å². The zero-order valence-corrected chi connectivity index (χ0v) is 45.8. The van der Waals surface area contributed by atoms with Crippen LogP contribution in [0.5, 0.6) is 0 Å². The molecule has 0 radical (unpaired) electrons. The number of rotatable bonds is 52. The first-order chi connectivity index (χ1) is 34.5. The molecule has 0 aliphatic carbocycles. The highest BCUT2D eigenvalue weighted by molar-refractivity contribution is 5.71. The van der Waals surface area contributed by atoms with Crippen LogP contribution in [0.15, 0.2) is 97.2 Å². The van der Waals surface area contributed by atoms with E-state index in [2.05, 4.69) is 118 Å². The fraction of sp³-hybridized carbons (Fsp3) is 0.703. The number of carbonyl (C=O) groups excluding carboxylic acids is 3. The van der Waals surface area contributed by atoms with Crippen molar-refractivity contribution in [2.45, 2.75) is 277 Å². The standard InChI is InChI=1S/C64H108O6/c1-4-7-10-13-16-18-20-21-22-23-24-25-26-27-28-29-30-31-32-33-34-35-36-37-38-39-40-41-42-43-44-46-48-51-54-57-63(66)69-60-61(59-68-62(65)56-53-50-47-15-12-9-6-3)70-64(67)58-55-52-49-45-19-17-14-11-8-5-2/h7,10-11,14,16,18,21-22,24-25,27-28,30-31,33-34,61H,4-6,8-9,12-13,15,17,19-20,23,26,29,32,35-60H2,1-3H3/b10-7-,14-11-,18-16-,22-21-,25-24-,28-27-,31-30-,34-33-. The fourth-order valence-electron chi connectivity index (χ4n) is 7.95. The smallest absolute Gasteiger partial charge is 0.306 e. The second-order valence-electron chi connectivity index (χ2n) is 19.2. The molecule has 0 saturated carbocycles. The van der Waals surface area contributed by atoms with E-state index >= 15 is 0 Å². The van der Waals surface area contributed by atoms with Crippen LogP contribution in [0.1, 0.15) is 271 Å². The van der Waals surface area contributed by atoms with Crippen molar-refractivity contribution in [3.05, 3.63) is 97.2 Å². The lowest BCUT2D eigenvalue weighted by Gasteiger charge is -2.18. The molecule has 0 rings (SSSR count). The third-order valence-corrected chi connectivity index (χ3v) is 12.3. The van der Waals surface area contributed by atoms with Crippen molar-refractivity contribution in [1.82, 2.24) is 0 Å². The molecular formula is C64H108O6. The monoisotopic (exact) mass is 973 g/mol. The molecule has 0 aliphatic heterocycles. The van der Waals surface area contributed by atoms with Crippen LogP contribution >= 0.6 is 0 Å². The van der Waals surface area contributed by atoms with Gasteiger partial charge >= 0.3 is 17.9 Å². The van der Waals surface area contributed by atoms with Gasteiger partial charge in [-0.1, -0.05) is 253 Å². The Morgan fingerprint density at radius 2 is 0.586 bits per heavy atom. The highest BCUT2D eigenvalue weighted by Crippen LogP contribution is 2.15. The van der Waals surface area contributed by atoms with E-state index in [1.54, 1.807) is 0 Å². The number of carbonyl (C=O) groups is 3. The largest absolute Gasteiger partial charge is 0.462 e. The topological polar surface area (TPSA) is 78.9 Å². The van der Waals surface area contributed by atoms with Crippen LogP contribution < -0.4 is 0 Å². The van der Waals surface area contributed by atoms with Crippen LogP contribution in [0.3, 0.4) is 0 Å². The Morgan fingerprint density at radius 1 is 0.300 bits per heavy atom. The van der Waals surface area contributed by atoms with Crippen molar-refractivity contribution < 1.29 is 28.6 Å². The number of esters is 3. The second-order valence-corrected chi connectivity index (χ2v) is 19.2. The van der Waals surface area contributed by atoms with Crippen molar-refractivity contribution >= 4 is 17.9 Å². The SMILES string of the molecule is CC/C=C\C/C=C\C/C=C\C/C=C\C/C=C\C/C=C\C/C=C\CCCCCCCCCCCCCCCC(=O)OCC(COC(=O)CCCCCCCCC)OC(=O)CCCCCCC/C=C\CCC. The van der Waals surface area contributed by atoms with Crippen LogP contribution in [-0.4, -0.2) is 37.2 Å². The molecule has 0 aliphatic rings. The number of ether oxygens (including phenoxy) is 3. The molecule has 6 nitrogen and oxygen atoms in total. The van der Waals surface area contributed by atoms with Gasteiger partial charge in [0.2, 0.25) is 0 Å². The quantitative estimate of drug-likeness (QED) is 0.0262. The van der Waals surface area contributed by atoms with Crippen LogP contribution in [0.25, 0.3) is 0 Å². The van der Waals surface area contributed by atoms with E-state index in [9.17, 15) is 14.4 Å². The van der Waals surface area contributed by atoms with E-state index in [1.165, 1.54) is 109 Å². The number of unbranched alkanes of at least 4 members (excludes halogenated alkanes) is 25. The molecule has 0 spiro atoms. The Hall–Kier alpha value is -3.67. The Kier molecular flexibility index (Phi) is 54.9. The molecule has 1 unspecified atom stereocenters. The minimum atomic E-state index is -0.776. The third kappa shape index (κ3) is 55.3. The summed E-state index contributed by atoms with van der Waals surface area (Å²) in [4.78, 5) is 37.8. The maximum atomic E-state index is 12.7. The fourth-order valence-corrected chi connectivity index (χ4v) is 7.95. The summed E-state index contributed by atoms with van der Waals surface area (Å²) in [6.45, 7) is 6.41. The average Bonchev–Trinajstić information content (AvgIpc) is 3.36. The molecule has 0 aromatic carbocycles. The van der Waals surface area contributed by atoms with Gasteiger partial charge in [-0.25, -0.2) is 0 Å². The van der Waals surface area contributed by atoms with Gasteiger partial charge in [-0.15, -0.1) is 0 Å². The van der Waals surface area contributed by atoms with E-state index in [0.717, 1.165) is 122 Å². The number of hydrogen-bond donors (Lipinski definition) is 0. The lowest BCUT2D eigenvalue weighted by molar-refractivity contribution is -0.167. The maximum absolute atomic E-state index is 12.7. The Labute approximate surface area is 432 Å². The lowest BCUT2D eigenvalue weighted by atomic mass is 10.0. The third-order valence-electron chi connectivity index (χ3n) is 12.3. The van der Waals surface area contributed by atoms with Gasteiger partial charge < -0.3 is 14.2 Å². The van der Waals surface area contributed by atoms with Gasteiger partial charge in [0.25, 0.3) is 0 Å². The zero-order valence-electron chi connectivity index (χ0n) is 45.8. The Bertz CT molecular complexity index is 1400. The first-order valence-electron chi connectivity index (χ1n) is 29.2. The summed E-state index contributed by atoms with van der Waals surface area (Å²) in [6, 6.07) is 0. The summed E-state index contributed by atoms with van der Waals surface area (Å²) in [5.41, 5.74) is 0. The van der Waals surface area contributed by atoms with Gasteiger partial charge in [-0.05, 0) is 96.3 Å². The summed E-state index contributed by atoms with van der Waals surface area (Å²) in [5, 5.41) is 0. The maximum Gasteiger partial charge on any atom is 0.306 e. The molecule has 6 heteroatoms. The number of hydrogen-bond acceptors (Lipinski definition) is 6. The minimum Gasteiger partial charge on any atom is -0.462 e. The van der Waals surface area contributed by atoms with Crippen LogP contribution in [0.2, 0.25) is 0 Å². The first-order valence-corrected chi connectivity index (χ1v) is 29.2. The summed E-state index contributed by atoms with van der Waals surface area (Å²) in [7, 11) is 0. The van der Waals surface area contributed by atoms with Crippen LogP contribution in [-0.2, 0) is 28.6 Å². The highest BCUT2D eigenvalue weighted by Gasteiger charge is 2.19. The summed E-state index contributed by atoms with van der Waals surface area (Å²) >= 11 is 0. The number of allylic oxidation sites excluding steroid dienone is 16. The molecule has 0 aromatic rings. The van der Waals surface area contributed by atoms with Gasteiger partial charge in [-0.2, -0.15) is 0 Å². The van der Waals surface area contributed by atoms with Crippen molar-refractivity contribution in [2.75, 3.05) is 13.2 Å². The van der Waals surface area contributed by atoms with E-state index < -0.39 is 6.10 Å². The molecule has 0 fully saturated rings.